The molecular weight excluding hydrogens is 532 g/mol. The van der Waals surface area contributed by atoms with Crippen LogP contribution in [0.4, 0.5) is 10.5 Å². The number of nitrogens with zero attached hydrogens (tertiary/aromatic N) is 1. The van der Waals surface area contributed by atoms with Gasteiger partial charge in [-0.15, -0.1) is 0 Å². The summed E-state index contributed by atoms with van der Waals surface area (Å²) in [5, 5.41) is 7.52. The van der Waals surface area contributed by atoms with Gasteiger partial charge in [0, 0.05) is 11.7 Å². The molecule has 9 heteroatoms. The van der Waals surface area contributed by atoms with Gasteiger partial charge in [0.25, 0.3) is 5.91 Å². The summed E-state index contributed by atoms with van der Waals surface area (Å²) >= 11 is 0. The van der Waals surface area contributed by atoms with Gasteiger partial charge in [0.2, 0.25) is 11.8 Å². The maximum atomic E-state index is 14.3. The first-order chi connectivity index (χ1) is 19.7. The molecule has 9 nitrogen and oxygen atoms in total. The maximum Gasteiger partial charge on any atom is 0.408 e. The average molecular weight is 575 g/mol. The lowest BCUT2D eigenvalue weighted by Gasteiger charge is -2.39. The summed E-state index contributed by atoms with van der Waals surface area (Å²) in [6, 6.07) is 16.2. The van der Waals surface area contributed by atoms with Crippen molar-refractivity contribution in [3.8, 4) is 0 Å². The number of alkyl carbamates (subject to hydrolysis) is 1. The lowest BCUT2D eigenvalue weighted by Crippen LogP contribution is -2.56. The van der Waals surface area contributed by atoms with Gasteiger partial charge >= 0.3 is 6.09 Å². The van der Waals surface area contributed by atoms with Crippen LogP contribution in [0.1, 0.15) is 70.2 Å². The van der Waals surface area contributed by atoms with E-state index in [2.05, 4.69) is 10.6 Å². The summed E-state index contributed by atoms with van der Waals surface area (Å²) in [5.74, 6) is -1.82. The molecule has 224 valence electrons. The fourth-order valence-electron chi connectivity index (χ4n) is 4.96. The molecule has 0 aliphatic carbocycles. The van der Waals surface area contributed by atoms with Crippen molar-refractivity contribution in [2.75, 3.05) is 5.32 Å². The minimum atomic E-state index is -1.34. The molecule has 0 bridgehead atoms. The second-order valence-corrected chi connectivity index (χ2v) is 11.6. The molecule has 0 saturated carbocycles. The number of primary amides is 1. The van der Waals surface area contributed by atoms with Crippen molar-refractivity contribution in [1.29, 1.82) is 0 Å². The number of carbonyl (C=O) groups excluding carboxylic acids is 4. The van der Waals surface area contributed by atoms with Crippen LogP contribution in [0.2, 0.25) is 0 Å². The van der Waals surface area contributed by atoms with E-state index in [1.165, 1.54) is 4.90 Å². The summed E-state index contributed by atoms with van der Waals surface area (Å²) in [6.45, 7) is 12.6. The monoisotopic (exact) mass is 574 g/mol. The number of fused-ring (bicyclic) bond motifs is 1. The number of hydrogen-bond acceptors (Lipinski definition) is 5. The van der Waals surface area contributed by atoms with Crippen LogP contribution in [-0.2, 0) is 19.1 Å². The van der Waals surface area contributed by atoms with Crippen LogP contribution in [0.25, 0.3) is 10.8 Å². The van der Waals surface area contributed by atoms with Crippen LogP contribution in [0, 0.1) is 13.8 Å². The standard InChI is InChI=1S/C33H42N4O5/c1-8-22(4)37(31(40)26(19-27(34)38)36-32(41)42-33(5,6)7)29(28-20(2)12-11-13-21(28)3)30(39)35-25-17-16-23-14-9-10-15-24(23)18-25/h9-18,22,26,29H,8,19H2,1-7H3,(H2,34,38)(H,35,39)(H,36,41). The topological polar surface area (TPSA) is 131 Å². The Balaban J connectivity index is 2.11. The molecule has 3 aromatic carbocycles. The summed E-state index contributed by atoms with van der Waals surface area (Å²) < 4.78 is 5.36. The van der Waals surface area contributed by atoms with Crippen molar-refractivity contribution in [3.05, 3.63) is 77.4 Å². The molecule has 0 aliphatic rings. The Morgan fingerprint density at radius 2 is 1.55 bits per heavy atom. The molecule has 42 heavy (non-hydrogen) atoms. The maximum absolute atomic E-state index is 14.3. The van der Waals surface area contributed by atoms with Crippen LogP contribution in [0.3, 0.4) is 0 Å². The second-order valence-electron chi connectivity index (χ2n) is 11.6. The van der Waals surface area contributed by atoms with Gasteiger partial charge in [-0.2, -0.15) is 0 Å². The lowest BCUT2D eigenvalue weighted by molar-refractivity contribution is -0.144. The summed E-state index contributed by atoms with van der Waals surface area (Å²) in [4.78, 5) is 54.8. The predicted octanol–water partition coefficient (Wildman–Crippen LogP) is 5.53. The third-order valence-corrected chi connectivity index (χ3v) is 7.07. The number of benzene rings is 3. The van der Waals surface area contributed by atoms with E-state index in [4.69, 9.17) is 10.5 Å². The Hall–Kier alpha value is -4.40. The van der Waals surface area contributed by atoms with Gasteiger partial charge in [-0.25, -0.2) is 4.79 Å². The Morgan fingerprint density at radius 3 is 2.12 bits per heavy atom. The average Bonchev–Trinajstić information content (AvgIpc) is 2.90. The van der Waals surface area contributed by atoms with Crippen molar-refractivity contribution in [3.63, 3.8) is 0 Å². The molecule has 0 radical (unpaired) electrons. The first kappa shape index (κ1) is 32.1. The predicted molar refractivity (Wildman–Crippen MR) is 165 cm³/mol. The van der Waals surface area contributed by atoms with Crippen molar-refractivity contribution in [2.24, 2.45) is 5.73 Å². The van der Waals surface area contributed by atoms with E-state index in [1.54, 1.807) is 20.8 Å². The van der Waals surface area contributed by atoms with E-state index in [-0.39, 0.29) is 0 Å². The molecule has 0 saturated heterocycles. The third kappa shape index (κ3) is 8.09. The Morgan fingerprint density at radius 1 is 0.929 bits per heavy atom. The number of ether oxygens (including phenoxy) is 1. The number of rotatable bonds is 10. The first-order valence-corrected chi connectivity index (χ1v) is 14.2. The summed E-state index contributed by atoms with van der Waals surface area (Å²) in [5.41, 5.74) is 7.56. The molecule has 0 aliphatic heterocycles. The smallest absolute Gasteiger partial charge is 0.408 e. The van der Waals surface area contributed by atoms with Crippen molar-refractivity contribution >= 4 is 40.3 Å². The highest BCUT2D eigenvalue weighted by molar-refractivity contribution is 6.01. The van der Waals surface area contributed by atoms with Gasteiger partial charge in [-0.3, -0.25) is 14.4 Å². The number of nitrogens with one attached hydrogen (secondary N) is 2. The normalized spacial score (nSPS) is 13.5. The molecule has 0 fully saturated rings. The Labute approximate surface area is 247 Å². The molecule has 4 amide bonds. The molecule has 3 unspecified atom stereocenters. The minimum absolute atomic E-state index is 0.425. The lowest BCUT2D eigenvalue weighted by atomic mass is 9.92. The first-order valence-electron chi connectivity index (χ1n) is 14.2. The van der Waals surface area contributed by atoms with Crippen molar-refractivity contribution in [1.82, 2.24) is 10.2 Å². The molecule has 0 heterocycles. The van der Waals surface area contributed by atoms with Gasteiger partial charge in [0.1, 0.15) is 17.7 Å². The van der Waals surface area contributed by atoms with Gasteiger partial charge in [-0.05, 0) is 87.6 Å². The van der Waals surface area contributed by atoms with E-state index < -0.39 is 54.0 Å². The van der Waals surface area contributed by atoms with Crippen molar-refractivity contribution < 1.29 is 23.9 Å². The highest BCUT2D eigenvalue weighted by atomic mass is 16.6. The largest absolute Gasteiger partial charge is 0.444 e. The van der Waals surface area contributed by atoms with E-state index in [0.29, 0.717) is 17.7 Å². The molecule has 3 aromatic rings. The minimum Gasteiger partial charge on any atom is -0.444 e. The van der Waals surface area contributed by atoms with E-state index >= 15 is 0 Å². The van der Waals surface area contributed by atoms with E-state index in [0.717, 1.165) is 21.9 Å². The number of carbonyl (C=O) groups is 4. The highest BCUT2D eigenvalue weighted by Crippen LogP contribution is 2.32. The zero-order valence-electron chi connectivity index (χ0n) is 25.5. The van der Waals surface area contributed by atoms with Crippen LogP contribution < -0.4 is 16.4 Å². The molecule has 3 rings (SSSR count). The Bertz CT molecular complexity index is 1440. The second kappa shape index (κ2) is 13.5. The fourth-order valence-corrected chi connectivity index (χ4v) is 4.96. The Kier molecular flexibility index (Phi) is 10.3. The zero-order valence-corrected chi connectivity index (χ0v) is 25.5. The van der Waals surface area contributed by atoms with Crippen LogP contribution >= 0.6 is 0 Å². The van der Waals surface area contributed by atoms with Crippen LogP contribution in [0.15, 0.2) is 60.7 Å². The van der Waals surface area contributed by atoms with Crippen molar-refractivity contribution in [2.45, 2.75) is 85.0 Å². The van der Waals surface area contributed by atoms with Crippen LogP contribution in [0.5, 0.6) is 0 Å². The molecular formula is C33H42N4O5. The fraction of sp³-hybridized carbons (Fsp3) is 0.394. The summed E-state index contributed by atoms with van der Waals surface area (Å²) in [6.07, 6.45) is -0.821. The number of amides is 4. The highest BCUT2D eigenvalue weighted by Gasteiger charge is 2.40. The van der Waals surface area contributed by atoms with Gasteiger partial charge < -0.3 is 26.0 Å². The van der Waals surface area contributed by atoms with Gasteiger partial charge in [0.05, 0.1) is 6.42 Å². The SMILES string of the molecule is CCC(C)N(C(=O)C(CC(N)=O)NC(=O)OC(C)(C)C)C(C(=O)Nc1ccc2ccccc2c1)c1c(C)cccc1C. The molecule has 0 aromatic heterocycles. The number of nitrogens with two attached hydrogens (primary N) is 1. The van der Waals surface area contributed by atoms with Crippen LogP contribution in [-0.4, -0.2) is 46.4 Å². The van der Waals surface area contributed by atoms with Gasteiger partial charge in [-0.1, -0.05) is 55.5 Å². The molecule has 0 spiro atoms. The quantitative estimate of drug-likeness (QED) is 0.293. The zero-order chi connectivity index (χ0) is 31.2. The van der Waals surface area contributed by atoms with Gasteiger partial charge in [0.15, 0.2) is 0 Å². The molecule has 4 N–H and O–H groups in total. The number of anilines is 1. The number of hydrogen-bond donors (Lipinski definition) is 3. The number of aryl methyl sites for hydroxylation is 2. The summed E-state index contributed by atoms with van der Waals surface area (Å²) in [7, 11) is 0. The third-order valence-electron chi connectivity index (χ3n) is 7.07. The van der Waals surface area contributed by atoms with E-state index in [1.807, 2.05) is 88.4 Å². The van der Waals surface area contributed by atoms with E-state index in [9.17, 15) is 19.2 Å². The molecule has 3 atom stereocenters.